The molecule has 0 bridgehead atoms. The van der Waals surface area contributed by atoms with Gasteiger partial charge in [0.05, 0.1) is 41.1 Å². The fourth-order valence-corrected chi connectivity index (χ4v) is 4.76. The van der Waals surface area contributed by atoms with Crippen molar-refractivity contribution in [2.75, 3.05) is 27.4 Å². The van der Waals surface area contributed by atoms with E-state index in [2.05, 4.69) is 19.6 Å². The van der Waals surface area contributed by atoms with Gasteiger partial charge in [-0.3, -0.25) is 0 Å². The van der Waals surface area contributed by atoms with E-state index in [4.69, 9.17) is 18.9 Å². The largest absolute Gasteiger partial charge is 0.465 e. The molecule has 1 heterocycles. The van der Waals surface area contributed by atoms with Gasteiger partial charge in [0.1, 0.15) is 5.57 Å². The summed E-state index contributed by atoms with van der Waals surface area (Å²) in [7, 11) is 0.579. The highest BCUT2D eigenvalue weighted by Crippen LogP contribution is 2.48. The first kappa shape index (κ1) is 18.9. The molecule has 0 amide bonds. The van der Waals surface area contributed by atoms with Crippen LogP contribution < -0.4 is 0 Å². The molecule has 0 radical (unpaired) electrons. The van der Waals surface area contributed by atoms with Crippen LogP contribution in [0.25, 0.3) is 0 Å². The van der Waals surface area contributed by atoms with Gasteiger partial charge in [-0.1, -0.05) is 33.5 Å². The second kappa shape index (κ2) is 6.13. The standard InChI is InChI=1S/C17H26O6Si/c1-16(2)9-22-17(23-10-16)12(24(5,6)7)8-11(14(18)20-3)13(17)15(19)21-4/h8H,9-10H2,1-7H3. The molecule has 2 aliphatic rings. The predicted octanol–water partition coefficient (Wildman–Crippen LogP) is 2.22. The maximum absolute atomic E-state index is 12.5. The van der Waals surface area contributed by atoms with Gasteiger partial charge in [0.15, 0.2) is 0 Å². The van der Waals surface area contributed by atoms with Gasteiger partial charge in [-0.05, 0) is 11.3 Å². The monoisotopic (exact) mass is 354 g/mol. The number of hydrogen-bond acceptors (Lipinski definition) is 6. The van der Waals surface area contributed by atoms with E-state index < -0.39 is 25.8 Å². The van der Waals surface area contributed by atoms with E-state index in [1.165, 1.54) is 14.2 Å². The third-order valence-electron chi connectivity index (χ3n) is 4.18. The molecule has 7 heteroatoms. The summed E-state index contributed by atoms with van der Waals surface area (Å²) in [5.41, 5.74) is 0.0664. The van der Waals surface area contributed by atoms with Crippen LogP contribution in [0.5, 0.6) is 0 Å². The predicted molar refractivity (Wildman–Crippen MR) is 90.9 cm³/mol. The Bertz CT molecular complexity index is 613. The quantitative estimate of drug-likeness (QED) is 0.572. The summed E-state index contributed by atoms with van der Waals surface area (Å²) in [6.07, 6.45) is 1.70. The minimum absolute atomic E-state index is 0.0878. The first-order chi connectivity index (χ1) is 11.0. The second-order valence-electron chi connectivity index (χ2n) is 7.94. The second-order valence-corrected chi connectivity index (χ2v) is 13.0. The molecule has 1 aliphatic carbocycles. The number of methoxy groups -OCH3 is 2. The highest BCUT2D eigenvalue weighted by Gasteiger charge is 2.57. The Balaban J connectivity index is 2.65. The Morgan fingerprint density at radius 3 is 1.96 bits per heavy atom. The molecular formula is C17H26O6Si. The lowest BCUT2D eigenvalue weighted by Crippen LogP contribution is -2.54. The Morgan fingerprint density at radius 1 is 1.04 bits per heavy atom. The third kappa shape index (κ3) is 3.08. The van der Waals surface area contributed by atoms with Crippen LogP contribution in [0.3, 0.4) is 0 Å². The van der Waals surface area contributed by atoms with E-state index >= 15 is 0 Å². The number of carbonyl (C=O) groups is 2. The van der Waals surface area contributed by atoms with Crippen LogP contribution in [0, 0.1) is 5.41 Å². The van der Waals surface area contributed by atoms with E-state index in [1.807, 2.05) is 13.8 Å². The topological polar surface area (TPSA) is 71.1 Å². The Kier molecular flexibility index (Phi) is 4.82. The van der Waals surface area contributed by atoms with Gasteiger partial charge in [-0.2, -0.15) is 0 Å². The number of esters is 2. The lowest BCUT2D eigenvalue weighted by atomic mass is 9.93. The van der Waals surface area contributed by atoms with E-state index in [1.54, 1.807) is 6.08 Å². The maximum Gasteiger partial charge on any atom is 0.340 e. The third-order valence-corrected chi connectivity index (χ3v) is 6.27. The summed E-state index contributed by atoms with van der Waals surface area (Å²) < 4.78 is 22.0. The lowest BCUT2D eigenvalue weighted by molar-refractivity contribution is -0.254. The van der Waals surface area contributed by atoms with Crippen molar-refractivity contribution < 1.29 is 28.5 Å². The SMILES string of the molecule is COC(=O)C1=C(C(=O)OC)C2(OCC(C)(C)CO2)C([Si](C)(C)C)=C1. The zero-order valence-electron chi connectivity index (χ0n) is 15.4. The van der Waals surface area contributed by atoms with E-state index in [0.29, 0.717) is 13.2 Å². The number of carbonyl (C=O) groups excluding carboxylic acids is 2. The van der Waals surface area contributed by atoms with Crippen LogP contribution in [0.15, 0.2) is 22.4 Å². The molecule has 0 saturated carbocycles. The normalized spacial score (nSPS) is 22.4. The molecule has 0 aromatic heterocycles. The summed E-state index contributed by atoms with van der Waals surface area (Å²) >= 11 is 0. The molecule has 24 heavy (non-hydrogen) atoms. The highest BCUT2D eigenvalue weighted by atomic mass is 28.3. The molecule has 6 nitrogen and oxygen atoms in total. The molecule has 1 aliphatic heterocycles. The molecule has 0 aromatic rings. The average Bonchev–Trinajstić information content (AvgIpc) is 2.84. The van der Waals surface area contributed by atoms with Gasteiger partial charge in [-0.25, -0.2) is 9.59 Å². The number of hydrogen-bond donors (Lipinski definition) is 0. The zero-order valence-corrected chi connectivity index (χ0v) is 16.4. The Hall–Kier alpha value is -1.44. The first-order valence-corrected chi connectivity index (χ1v) is 11.4. The molecule has 134 valence electrons. The van der Waals surface area contributed by atoms with Crippen molar-refractivity contribution in [2.45, 2.75) is 39.3 Å². The lowest BCUT2D eigenvalue weighted by Gasteiger charge is -2.46. The summed E-state index contributed by atoms with van der Waals surface area (Å²) in [5.74, 6) is -2.59. The van der Waals surface area contributed by atoms with Crippen LogP contribution in [0.4, 0.5) is 0 Å². The van der Waals surface area contributed by atoms with Crippen LogP contribution in [-0.2, 0) is 28.5 Å². The van der Waals surface area contributed by atoms with Crippen molar-refractivity contribution in [2.24, 2.45) is 5.41 Å². The van der Waals surface area contributed by atoms with Gasteiger partial charge in [0.25, 0.3) is 0 Å². The van der Waals surface area contributed by atoms with E-state index in [-0.39, 0.29) is 16.6 Å². The van der Waals surface area contributed by atoms with Gasteiger partial charge in [-0.15, -0.1) is 0 Å². The molecular weight excluding hydrogens is 328 g/mol. The summed E-state index contributed by atoms with van der Waals surface area (Å²) in [6.45, 7) is 11.2. The summed E-state index contributed by atoms with van der Waals surface area (Å²) in [6, 6.07) is 0. The fourth-order valence-electron chi connectivity index (χ4n) is 2.93. The minimum Gasteiger partial charge on any atom is -0.465 e. The van der Waals surface area contributed by atoms with Crippen LogP contribution in [0.1, 0.15) is 13.8 Å². The molecule has 1 saturated heterocycles. The van der Waals surface area contributed by atoms with Gasteiger partial charge < -0.3 is 18.9 Å². The minimum atomic E-state index is -1.98. The maximum atomic E-state index is 12.5. The highest BCUT2D eigenvalue weighted by molar-refractivity contribution is 6.83. The van der Waals surface area contributed by atoms with Crippen molar-refractivity contribution >= 4 is 20.0 Å². The Morgan fingerprint density at radius 2 is 1.54 bits per heavy atom. The van der Waals surface area contributed by atoms with Crippen LogP contribution >= 0.6 is 0 Å². The molecule has 1 spiro atoms. The molecule has 1 fully saturated rings. The van der Waals surface area contributed by atoms with Crippen molar-refractivity contribution in [1.29, 1.82) is 0 Å². The zero-order chi connectivity index (χ0) is 18.3. The van der Waals surface area contributed by atoms with Crippen LogP contribution in [0.2, 0.25) is 19.6 Å². The van der Waals surface area contributed by atoms with Crippen molar-refractivity contribution in [3.8, 4) is 0 Å². The summed E-state index contributed by atoms with van der Waals surface area (Å²) in [4.78, 5) is 24.7. The van der Waals surface area contributed by atoms with E-state index in [0.717, 1.165) is 5.20 Å². The number of ether oxygens (including phenoxy) is 4. The molecule has 0 N–H and O–H groups in total. The summed E-state index contributed by atoms with van der Waals surface area (Å²) in [5, 5.41) is 0.839. The smallest absolute Gasteiger partial charge is 0.340 e. The Labute approximate surface area is 143 Å². The van der Waals surface area contributed by atoms with Crippen molar-refractivity contribution in [3.63, 3.8) is 0 Å². The van der Waals surface area contributed by atoms with E-state index in [9.17, 15) is 9.59 Å². The van der Waals surface area contributed by atoms with Gasteiger partial charge in [0, 0.05) is 5.41 Å². The molecule has 2 rings (SSSR count). The van der Waals surface area contributed by atoms with Crippen LogP contribution in [-0.4, -0.2) is 53.2 Å². The van der Waals surface area contributed by atoms with Gasteiger partial charge >= 0.3 is 11.9 Å². The number of rotatable bonds is 3. The average molecular weight is 354 g/mol. The first-order valence-electron chi connectivity index (χ1n) is 7.90. The van der Waals surface area contributed by atoms with Crippen molar-refractivity contribution in [3.05, 3.63) is 22.4 Å². The van der Waals surface area contributed by atoms with Crippen molar-refractivity contribution in [1.82, 2.24) is 0 Å². The fraction of sp³-hybridized carbons (Fsp3) is 0.647. The van der Waals surface area contributed by atoms with Gasteiger partial charge in [0.2, 0.25) is 5.79 Å². The molecule has 0 aromatic carbocycles. The molecule has 0 unspecified atom stereocenters. The molecule has 0 atom stereocenters.